The van der Waals surface area contributed by atoms with Crippen LogP contribution in [0, 0.1) is 0 Å². The average molecular weight is 200 g/mol. The van der Waals surface area contributed by atoms with Gasteiger partial charge in [0, 0.05) is 0 Å². The molecule has 0 saturated heterocycles. The van der Waals surface area contributed by atoms with Gasteiger partial charge in [-0.2, -0.15) is 8.78 Å². The minimum absolute atomic E-state index is 0.500. The molecule has 0 heterocycles. The molecule has 0 fully saturated rings. The third-order valence-corrected chi connectivity index (χ3v) is 0.322. The summed E-state index contributed by atoms with van der Waals surface area (Å²) in [6.07, 6.45) is -2.58. The number of hydrogen-bond donors (Lipinski definition) is 0. The Kier molecular flexibility index (Phi) is 24.1. The molecule has 0 nitrogen and oxygen atoms in total. The molecule has 0 bridgehead atoms. The Balaban J connectivity index is -0.000000137. The SMILES string of the molecule is CF.FCC(F)=C(F)F.FCF. The molecule has 0 spiro atoms. The van der Waals surface area contributed by atoms with Gasteiger partial charge in [0.05, 0.1) is 7.18 Å². The molecule has 0 aliphatic rings. The molecule has 0 atom stereocenters. The molecule has 0 aromatic heterocycles. The van der Waals surface area contributed by atoms with Gasteiger partial charge >= 0.3 is 6.08 Å². The van der Waals surface area contributed by atoms with Crippen molar-refractivity contribution < 1.29 is 30.7 Å². The molecule has 0 saturated carbocycles. The molecule has 0 unspecified atom stereocenters. The van der Waals surface area contributed by atoms with Crippen molar-refractivity contribution >= 4 is 0 Å². The monoisotopic (exact) mass is 200 g/mol. The number of alkyl halides is 4. The van der Waals surface area contributed by atoms with E-state index in [9.17, 15) is 30.7 Å². The standard InChI is InChI=1S/C3H2F4.CH2F2.CH3F/c4-1-2(5)3(6)7;2-1-3;1-2/h1H2;1H2;1H3. The summed E-state index contributed by atoms with van der Waals surface area (Å²) in [7, 11) is 0.500. The molecular weight excluding hydrogens is 193 g/mol. The number of hydrogen-bond acceptors (Lipinski definition) is 0. The van der Waals surface area contributed by atoms with Crippen LogP contribution in [-0.4, -0.2) is 20.8 Å². The summed E-state index contributed by atoms with van der Waals surface area (Å²) in [6.45, 7) is -3.47. The lowest BCUT2D eigenvalue weighted by atomic mass is 10.6. The summed E-state index contributed by atoms with van der Waals surface area (Å²) in [4.78, 5) is 0. The van der Waals surface area contributed by atoms with Crippen LogP contribution < -0.4 is 0 Å². The van der Waals surface area contributed by atoms with E-state index < -0.39 is 25.5 Å². The van der Waals surface area contributed by atoms with Crippen molar-refractivity contribution in [2.24, 2.45) is 0 Å². The van der Waals surface area contributed by atoms with Crippen LogP contribution in [-0.2, 0) is 0 Å². The van der Waals surface area contributed by atoms with Crippen LogP contribution >= 0.6 is 0 Å². The average Bonchev–Trinajstić information content (AvgIpc) is 2.08. The Morgan fingerprint density at radius 2 is 1.17 bits per heavy atom. The lowest BCUT2D eigenvalue weighted by molar-refractivity contribution is 0.295. The normalized spacial score (nSPS) is 7.00. The minimum Gasteiger partial charge on any atom is -0.255 e. The Morgan fingerprint density at radius 3 is 1.17 bits per heavy atom. The van der Waals surface area contributed by atoms with Crippen molar-refractivity contribution in [3.63, 3.8) is 0 Å². The van der Waals surface area contributed by atoms with E-state index in [0.29, 0.717) is 7.18 Å². The second-order valence-corrected chi connectivity index (χ2v) is 0.900. The molecule has 0 N–H and O–H groups in total. The Hall–Kier alpha value is -0.750. The van der Waals surface area contributed by atoms with Crippen LogP contribution in [0.4, 0.5) is 30.7 Å². The minimum atomic E-state index is -2.58. The predicted molar refractivity (Wildman–Crippen MR) is 30.4 cm³/mol. The van der Waals surface area contributed by atoms with E-state index in [1.807, 2.05) is 0 Å². The van der Waals surface area contributed by atoms with E-state index >= 15 is 0 Å². The number of rotatable bonds is 1. The maximum atomic E-state index is 11.0. The van der Waals surface area contributed by atoms with Gasteiger partial charge in [0.15, 0.2) is 5.83 Å². The first kappa shape index (κ1) is 17.4. The molecule has 0 aliphatic heterocycles. The molecule has 0 amide bonds. The quantitative estimate of drug-likeness (QED) is 0.568. The van der Waals surface area contributed by atoms with Crippen molar-refractivity contribution in [3.8, 4) is 0 Å². The van der Waals surface area contributed by atoms with Gasteiger partial charge in [-0.05, 0) is 0 Å². The molecule has 12 heavy (non-hydrogen) atoms. The van der Waals surface area contributed by atoms with Crippen molar-refractivity contribution in [1.29, 1.82) is 0 Å². The molecule has 0 aliphatic carbocycles. The fourth-order valence-electron chi connectivity index (χ4n) is 0.0505. The van der Waals surface area contributed by atoms with Gasteiger partial charge in [0.2, 0.25) is 6.93 Å². The highest BCUT2D eigenvalue weighted by atomic mass is 19.3. The molecule has 0 aromatic carbocycles. The van der Waals surface area contributed by atoms with Crippen LogP contribution in [0.25, 0.3) is 0 Å². The van der Waals surface area contributed by atoms with Gasteiger partial charge < -0.3 is 0 Å². The zero-order valence-corrected chi connectivity index (χ0v) is 6.06. The Bertz CT molecular complexity index is 96.0. The van der Waals surface area contributed by atoms with Crippen LogP contribution in [0.2, 0.25) is 0 Å². The summed E-state index contributed by atoms with van der Waals surface area (Å²) < 4.78 is 71.9. The van der Waals surface area contributed by atoms with E-state index in [4.69, 9.17) is 0 Å². The van der Waals surface area contributed by atoms with Crippen LogP contribution in [0.3, 0.4) is 0 Å². The third kappa shape index (κ3) is 22.8. The van der Waals surface area contributed by atoms with Gasteiger partial charge in [-0.25, -0.2) is 17.6 Å². The van der Waals surface area contributed by atoms with Gasteiger partial charge in [-0.15, -0.1) is 0 Å². The number of allylic oxidation sites excluding steroid dienone is 1. The van der Waals surface area contributed by atoms with Crippen LogP contribution in [0.15, 0.2) is 11.9 Å². The highest BCUT2D eigenvalue weighted by molar-refractivity contribution is 4.90. The molecule has 76 valence electrons. The topological polar surface area (TPSA) is 0 Å². The Morgan fingerprint density at radius 1 is 0.917 bits per heavy atom. The molecule has 0 aromatic rings. The molecular formula is C5H7F7. The second kappa shape index (κ2) is 16.7. The summed E-state index contributed by atoms with van der Waals surface area (Å²) in [5.74, 6) is -1.99. The molecule has 0 radical (unpaired) electrons. The first-order chi connectivity index (χ1) is 5.59. The summed E-state index contributed by atoms with van der Waals surface area (Å²) in [5, 5.41) is 0. The molecule has 7 heteroatoms. The second-order valence-electron chi connectivity index (χ2n) is 0.900. The van der Waals surface area contributed by atoms with Gasteiger partial charge in [-0.3, -0.25) is 4.39 Å². The summed E-state index contributed by atoms with van der Waals surface area (Å²) in [6, 6.07) is 0. The van der Waals surface area contributed by atoms with E-state index in [2.05, 4.69) is 0 Å². The maximum Gasteiger partial charge on any atom is 0.304 e. The van der Waals surface area contributed by atoms with Gasteiger partial charge in [-0.1, -0.05) is 0 Å². The zero-order chi connectivity index (χ0) is 10.6. The smallest absolute Gasteiger partial charge is 0.255 e. The zero-order valence-electron chi connectivity index (χ0n) is 6.06. The fraction of sp³-hybridized carbons (Fsp3) is 0.600. The van der Waals surface area contributed by atoms with Crippen LogP contribution in [0.1, 0.15) is 0 Å². The fourth-order valence-corrected chi connectivity index (χ4v) is 0.0505. The summed E-state index contributed by atoms with van der Waals surface area (Å²) in [5.41, 5.74) is 0. The maximum absolute atomic E-state index is 11.0. The first-order valence-electron chi connectivity index (χ1n) is 2.35. The van der Waals surface area contributed by atoms with Crippen molar-refractivity contribution in [2.75, 3.05) is 20.8 Å². The van der Waals surface area contributed by atoms with E-state index in [0.717, 1.165) is 0 Å². The van der Waals surface area contributed by atoms with Crippen LogP contribution in [0.5, 0.6) is 0 Å². The van der Waals surface area contributed by atoms with E-state index in [1.54, 1.807) is 0 Å². The largest absolute Gasteiger partial charge is 0.304 e. The highest BCUT2D eigenvalue weighted by Crippen LogP contribution is 2.07. The lowest BCUT2D eigenvalue weighted by Crippen LogP contribution is -1.74. The lowest BCUT2D eigenvalue weighted by Gasteiger charge is -1.79. The predicted octanol–water partition coefficient (Wildman–Crippen LogP) is 3.50. The Labute approximate surface area is 64.7 Å². The van der Waals surface area contributed by atoms with Crippen molar-refractivity contribution in [2.45, 2.75) is 0 Å². The highest BCUT2D eigenvalue weighted by Gasteiger charge is 2.00. The van der Waals surface area contributed by atoms with Crippen molar-refractivity contribution in [1.82, 2.24) is 0 Å². The summed E-state index contributed by atoms with van der Waals surface area (Å²) >= 11 is 0. The van der Waals surface area contributed by atoms with Gasteiger partial charge in [0.1, 0.15) is 6.67 Å². The molecule has 0 rings (SSSR count). The van der Waals surface area contributed by atoms with Crippen molar-refractivity contribution in [3.05, 3.63) is 11.9 Å². The number of halogens is 7. The first-order valence-corrected chi connectivity index (χ1v) is 2.35. The third-order valence-electron chi connectivity index (χ3n) is 0.322. The van der Waals surface area contributed by atoms with E-state index in [1.165, 1.54) is 0 Å². The van der Waals surface area contributed by atoms with E-state index in [-0.39, 0.29) is 0 Å². The van der Waals surface area contributed by atoms with Gasteiger partial charge in [0.25, 0.3) is 0 Å².